The fourth-order valence-corrected chi connectivity index (χ4v) is 3.34. The van der Waals surface area contributed by atoms with E-state index in [9.17, 15) is 8.42 Å². The molecular weight excluding hydrogens is 308 g/mol. The minimum Gasteiger partial charge on any atom is -0.241 e. The van der Waals surface area contributed by atoms with Gasteiger partial charge in [-0.3, -0.25) is 0 Å². The summed E-state index contributed by atoms with van der Waals surface area (Å²) in [5.74, 6) is 0. The van der Waals surface area contributed by atoms with Crippen molar-refractivity contribution in [3.05, 3.63) is 72.0 Å². The second-order valence-corrected chi connectivity index (χ2v) is 6.79. The predicted octanol–water partition coefficient (Wildman–Crippen LogP) is 3.36. The summed E-state index contributed by atoms with van der Waals surface area (Å²) < 4.78 is 26.6. The largest absolute Gasteiger partial charge is 0.241 e. The van der Waals surface area contributed by atoms with Gasteiger partial charge in [0.15, 0.2) is 0 Å². The third kappa shape index (κ3) is 2.70. The van der Waals surface area contributed by atoms with E-state index in [1.165, 1.54) is 12.1 Å². The average Bonchev–Trinajstić information content (AvgIpc) is 3.02. The fraction of sp³-hybridized carbons (Fsp3) is 0. The van der Waals surface area contributed by atoms with Crippen molar-refractivity contribution in [3.8, 4) is 5.69 Å². The van der Waals surface area contributed by atoms with E-state index in [0.717, 1.165) is 5.69 Å². The molecule has 106 valence electrons. The van der Waals surface area contributed by atoms with Crippen LogP contribution in [0.1, 0.15) is 0 Å². The highest BCUT2D eigenvalue weighted by Gasteiger charge is 2.17. The molecule has 0 saturated heterocycles. The molecule has 0 N–H and O–H groups in total. The molecule has 0 saturated carbocycles. The molecule has 3 aromatic rings. The molecule has 0 aliphatic rings. The van der Waals surface area contributed by atoms with Gasteiger partial charge in [-0.25, -0.2) is 13.1 Å². The first-order chi connectivity index (χ1) is 10.1. The van der Waals surface area contributed by atoms with Crippen molar-refractivity contribution in [3.63, 3.8) is 0 Å². The molecule has 3 rings (SSSR count). The summed E-state index contributed by atoms with van der Waals surface area (Å²) in [5.41, 5.74) is 0.801. The lowest BCUT2D eigenvalue weighted by Crippen LogP contribution is -2.02. The summed E-state index contributed by atoms with van der Waals surface area (Å²) in [6.07, 6.45) is 3.46. The number of nitrogens with zero attached hydrogens (tertiary/aromatic N) is 2. The van der Waals surface area contributed by atoms with Crippen LogP contribution < -0.4 is 0 Å². The highest BCUT2D eigenvalue weighted by molar-refractivity contribution is 7.91. The molecule has 0 radical (unpaired) electrons. The topological polar surface area (TPSA) is 52.0 Å². The van der Waals surface area contributed by atoms with E-state index in [1.54, 1.807) is 59.5 Å². The molecule has 0 aliphatic heterocycles. The Kier molecular flexibility index (Phi) is 3.53. The van der Waals surface area contributed by atoms with Crippen molar-refractivity contribution >= 4 is 21.4 Å². The number of benzene rings is 2. The number of hydrogen-bond acceptors (Lipinski definition) is 3. The van der Waals surface area contributed by atoms with Crippen LogP contribution in [0.15, 0.2) is 76.8 Å². The molecule has 0 aliphatic carbocycles. The molecule has 6 heteroatoms. The molecule has 2 aromatic carbocycles. The van der Waals surface area contributed by atoms with Gasteiger partial charge in [-0.05, 0) is 54.6 Å². The molecule has 0 unspecified atom stereocenters. The van der Waals surface area contributed by atoms with E-state index in [-0.39, 0.29) is 9.79 Å². The van der Waals surface area contributed by atoms with Gasteiger partial charge in [0, 0.05) is 17.4 Å². The van der Waals surface area contributed by atoms with Gasteiger partial charge in [0.2, 0.25) is 9.84 Å². The van der Waals surface area contributed by atoms with E-state index in [2.05, 4.69) is 5.10 Å². The number of sulfone groups is 1. The molecule has 4 nitrogen and oxygen atoms in total. The molecule has 0 fully saturated rings. The highest BCUT2D eigenvalue weighted by Crippen LogP contribution is 2.23. The monoisotopic (exact) mass is 318 g/mol. The molecular formula is C15H11ClN2O2S. The fourth-order valence-electron chi connectivity index (χ4n) is 1.95. The normalized spacial score (nSPS) is 11.5. The maximum absolute atomic E-state index is 12.5. The van der Waals surface area contributed by atoms with Crippen LogP contribution in [0, 0.1) is 0 Å². The molecule has 1 aromatic heterocycles. The smallest absolute Gasteiger partial charge is 0.206 e. The van der Waals surface area contributed by atoms with Gasteiger partial charge in [-0.2, -0.15) is 5.10 Å². The zero-order chi connectivity index (χ0) is 14.9. The summed E-state index contributed by atoms with van der Waals surface area (Å²) in [6, 6.07) is 14.5. The van der Waals surface area contributed by atoms with Crippen LogP contribution >= 0.6 is 11.6 Å². The summed E-state index contributed by atoms with van der Waals surface area (Å²) in [6.45, 7) is 0. The predicted molar refractivity (Wildman–Crippen MR) is 80.5 cm³/mol. The second kappa shape index (κ2) is 5.35. The van der Waals surface area contributed by atoms with Crippen LogP contribution in [0.4, 0.5) is 0 Å². The van der Waals surface area contributed by atoms with Crippen molar-refractivity contribution in [2.45, 2.75) is 9.79 Å². The lowest BCUT2D eigenvalue weighted by atomic mass is 10.3. The van der Waals surface area contributed by atoms with Gasteiger partial charge in [0.25, 0.3) is 0 Å². The summed E-state index contributed by atoms with van der Waals surface area (Å²) in [5, 5.41) is 4.60. The van der Waals surface area contributed by atoms with Crippen LogP contribution in [0.25, 0.3) is 5.69 Å². The minimum atomic E-state index is -3.53. The van der Waals surface area contributed by atoms with Gasteiger partial charge in [0.05, 0.1) is 15.5 Å². The molecule has 21 heavy (non-hydrogen) atoms. The Morgan fingerprint density at radius 3 is 2.00 bits per heavy atom. The first-order valence-corrected chi connectivity index (χ1v) is 8.04. The van der Waals surface area contributed by atoms with E-state index in [0.29, 0.717) is 5.02 Å². The third-order valence-corrected chi connectivity index (χ3v) is 5.08. The lowest BCUT2D eigenvalue weighted by molar-refractivity contribution is 0.596. The van der Waals surface area contributed by atoms with Gasteiger partial charge in [0.1, 0.15) is 0 Å². The Morgan fingerprint density at radius 2 is 1.48 bits per heavy atom. The zero-order valence-corrected chi connectivity index (χ0v) is 12.4. The van der Waals surface area contributed by atoms with Gasteiger partial charge in [-0.15, -0.1) is 0 Å². The standard InChI is InChI=1S/C15H11ClN2O2S/c16-12-2-6-14(7-3-12)21(19,20)15-8-4-13(5-9-15)18-11-1-10-17-18/h1-11H. The van der Waals surface area contributed by atoms with Crippen molar-refractivity contribution in [2.24, 2.45) is 0 Å². The van der Waals surface area contributed by atoms with E-state index < -0.39 is 9.84 Å². The van der Waals surface area contributed by atoms with Crippen LogP contribution in [0.2, 0.25) is 5.02 Å². The van der Waals surface area contributed by atoms with Crippen molar-refractivity contribution in [1.82, 2.24) is 9.78 Å². The third-order valence-electron chi connectivity index (χ3n) is 3.04. The maximum Gasteiger partial charge on any atom is 0.206 e. The summed E-state index contributed by atoms with van der Waals surface area (Å²) >= 11 is 5.78. The average molecular weight is 319 g/mol. The first kappa shape index (κ1) is 13.9. The van der Waals surface area contributed by atoms with Crippen LogP contribution in [-0.2, 0) is 9.84 Å². The van der Waals surface area contributed by atoms with Crippen LogP contribution in [0.3, 0.4) is 0 Å². The van der Waals surface area contributed by atoms with Crippen molar-refractivity contribution in [2.75, 3.05) is 0 Å². The van der Waals surface area contributed by atoms with E-state index in [4.69, 9.17) is 11.6 Å². The minimum absolute atomic E-state index is 0.221. The Bertz CT molecular complexity index is 840. The van der Waals surface area contributed by atoms with Crippen molar-refractivity contribution in [1.29, 1.82) is 0 Å². The Morgan fingerprint density at radius 1 is 0.905 bits per heavy atom. The number of rotatable bonds is 3. The Labute approximate surface area is 127 Å². The quantitative estimate of drug-likeness (QED) is 0.744. The van der Waals surface area contributed by atoms with Gasteiger partial charge in [-0.1, -0.05) is 11.6 Å². The molecule has 1 heterocycles. The highest BCUT2D eigenvalue weighted by atomic mass is 35.5. The van der Waals surface area contributed by atoms with Crippen molar-refractivity contribution < 1.29 is 8.42 Å². The van der Waals surface area contributed by atoms with Crippen LogP contribution in [-0.4, -0.2) is 18.2 Å². The first-order valence-electron chi connectivity index (χ1n) is 6.18. The summed E-state index contributed by atoms with van der Waals surface area (Å²) in [7, 11) is -3.53. The van der Waals surface area contributed by atoms with Gasteiger partial charge >= 0.3 is 0 Å². The molecule has 0 amide bonds. The number of hydrogen-bond donors (Lipinski definition) is 0. The van der Waals surface area contributed by atoms with E-state index in [1.807, 2.05) is 0 Å². The molecule has 0 spiro atoms. The van der Waals surface area contributed by atoms with E-state index >= 15 is 0 Å². The van der Waals surface area contributed by atoms with Gasteiger partial charge < -0.3 is 0 Å². The Balaban J connectivity index is 1.98. The molecule has 0 atom stereocenters. The lowest BCUT2D eigenvalue weighted by Gasteiger charge is -2.06. The maximum atomic E-state index is 12.5. The zero-order valence-electron chi connectivity index (χ0n) is 10.8. The molecule has 0 bridgehead atoms. The van der Waals surface area contributed by atoms with Crippen LogP contribution in [0.5, 0.6) is 0 Å². The number of aromatic nitrogens is 2. The summed E-state index contributed by atoms with van der Waals surface area (Å²) in [4.78, 5) is 0.458. The Hall–Kier alpha value is -2.11. The number of halogens is 1. The second-order valence-electron chi connectivity index (χ2n) is 4.40. The SMILES string of the molecule is O=S(=O)(c1ccc(Cl)cc1)c1ccc(-n2cccn2)cc1.